The molecule has 0 aliphatic heterocycles. The lowest BCUT2D eigenvalue weighted by Crippen LogP contribution is -2.13. The van der Waals surface area contributed by atoms with Gasteiger partial charge in [0.15, 0.2) is 0 Å². The Morgan fingerprint density at radius 2 is 1.71 bits per heavy atom. The van der Waals surface area contributed by atoms with Gasteiger partial charge in [0.2, 0.25) is 17.8 Å². The number of hydrogen-bond donors (Lipinski definition) is 2. The summed E-state index contributed by atoms with van der Waals surface area (Å²) in [5, 5.41) is 6.47. The lowest BCUT2D eigenvalue weighted by Gasteiger charge is -2.09. The van der Waals surface area contributed by atoms with E-state index in [1.54, 1.807) is 17.1 Å². The Kier molecular flexibility index (Phi) is 5.93. The standard InChI is InChI=1S/C14H23N7/c1-3-5-6-8-17-13-18-12(16-7-4-2)19-14(20-13)21-10-9-15-11-21/h9-11H,3-8H2,1-2H3,(H2,16,17,18,19,20). The second-order valence-electron chi connectivity index (χ2n) is 4.81. The number of hydrogen-bond acceptors (Lipinski definition) is 6. The lowest BCUT2D eigenvalue weighted by molar-refractivity contribution is 0.738. The van der Waals surface area contributed by atoms with Crippen LogP contribution in [0, 0.1) is 0 Å². The van der Waals surface area contributed by atoms with Crippen molar-refractivity contribution in [2.75, 3.05) is 23.7 Å². The zero-order valence-electron chi connectivity index (χ0n) is 12.7. The van der Waals surface area contributed by atoms with Crippen LogP contribution in [0.5, 0.6) is 0 Å². The maximum Gasteiger partial charge on any atom is 0.241 e. The molecule has 0 aromatic carbocycles. The van der Waals surface area contributed by atoms with E-state index in [-0.39, 0.29) is 0 Å². The molecule has 0 amide bonds. The molecule has 2 rings (SSSR count). The third-order valence-electron chi connectivity index (χ3n) is 2.96. The van der Waals surface area contributed by atoms with Crippen molar-refractivity contribution in [3.8, 4) is 5.95 Å². The van der Waals surface area contributed by atoms with Crippen LogP contribution in [0.3, 0.4) is 0 Å². The highest BCUT2D eigenvalue weighted by atomic mass is 15.3. The number of aromatic nitrogens is 5. The van der Waals surface area contributed by atoms with Crippen molar-refractivity contribution in [1.29, 1.82) is 0 Å². The van der Waals surface area contributed by atoms with E-state index in [0.717, 1.165) is 25.9 Å². The summed E-state index contributed by atoms with van der Waals surface area (Å²) in [6.07, 6.45) is 9.73. The predicted octanol–water partition coefficient (Wildman–Crippen LogP) is 2.48. The molecule has 0 aliphatic rings. The summed E-state index contributed by atoms with van der Waals surface area (Å²) in [6.45, 7) is 6.00. The molecular weight excluding hydrogens is 266 g/mol. The minimum absolute atomic E-state index is 0.569. The van der Waals surface area contributed by atoms with Crippen LogP contribution < -0.4 is 10.6 Å². The highest BCUT2D eigenvalue weighted by Gasteiger charge is 2.07. The zero-order valence-corrected chi connectivity index (χ0v) is 12.7. The predicted molar refractivity (Wildman–Crippen MR) is 83.7 cm³/mol. The Bertz CT molecular complexity index is 524. The molecule has 7 nitrogen and oxygen atoms in total. The zero-order chi connectivity index (χ0) is 14.9. The third-order valence-corrected chi connectivity index (χ3v) is 2.96. The van der Waals surface area contributed by atoms with Gasteiger partial charge in [-0.3, -0.25) is 4.57 Å². The summed E-state index contributed by atoms with van der Waals surface area (Å²) in [5.74, 6) is 1.76. The molecule has 0 atom stereocenters. The Hall–Kier alpha value is -2.18. The van der Waals surface area contributed by atoms with Gasteiger partial charge in [-0.2, -0.15) is 15.0 Å². The van der Waals surface area contributed by atoms with Gasteiger partial charge in [0.25, 0.3) is 0 Å². The van der Waals surface area contributed by atoms with E-state index in [4.69, 9.17) is 0 Å². The van der Waals surface area contributed by atoms with Gasteiger partial charge in [-0.05, 0) is 12.8 Å². The molecule has 0 fully saturated rings. The van der Waals surface area contributed by atoms with Crippen molar-refractivity contribution in [1.82, 2.24) is 24.5 Å². The van der Waals surface area contributed by atoms with Crippen LogP contribution in [-0.2, 0) is 0 Å². The van der Waals surface area contributed by atoms with E-state index in [9.17, 15) is 0 Å². The summed E-state index contributed by atoms with van der Waals surface area (Å²) in [6, 6.07) is 0. The Morgan fingerprint density at radius 3 is 2.33 bits per heavy atom. The summed E-state index contributed by atoms with van der Waals surface area (Å²) >= 11 is 0. The molecular formula is C14H23N7. The first-order valence-corrected chi connectivity index (χ1v) is 7.55. The van der Waals surface area contributed by atoms with Crippen LogP contribution in [0.1, 0.15) is 39.5 Å². The van der Waals surface area contributed by atoms with Gasteiger partial charge < -0.3 is 10.6 Å². The average molecular weight is 289 g/mol. The number of imidazole rings is 1. The first-order valence-electron chi connectivity index (χ1n) is 7.55. The second kappa shape index (κ2) is 8.18. The van der Waals surface area contributed by atoms with Gasteiger partial charge in [-0.15, -0.1) is 0 Å². The molecule has 2 aromatic heterocycles. The van der Waals surface area contributed by atoms with Crippen LogP contribution >= 0.6 is 0 Å². The van der Waals surface area contributed by atoms with Crippen molar-refractivity contribution in [3.63, 3.8) is 0 Å². The maximum atomic E-state index is 4.43. The smallest absolute Gasteiger partial charge is 0.241 e. The normalized spacial score (nSPS) is 10.6. The van der Waals surface area contributed by atoms with E-state index >= 15 is 0 Å². The minimum Gasteiger partial charge on any atom is -0.354 e. The quantitative estimate of drug-likeness (QED) is 0.690. The summed E-state index contributed by atoms with van der Waals surface area (Å²) in [5.41, 5.74) is 0. The monoisotopic (exact) mass is 289 g/mol. The van der Waals surface area contributed by atoms with Crippen molar-refractivity contribution in [3.05, 3.63) is 18.7 Å². The summed E-state index contributed by atoms with van der Waals surface area (Å²) in [4.78, 5) is 17.3. The molecule has 0 saturated heterocycles. The van der Waals surface area contributed by atoms with Crippen molar-refractivity contribution >= 4 is 11.9 Å². The molecule has 7 heteroatoms. The SMILES string of the molecule is CCCCCNc1nc(NCCC)nc(-n2ccnc2)n1. The summed E-state index contributed by atoms with van der Waals surface area (Å²) < 4.78 is 1.77. The second-order valence-corrected chi connectivity index (χ2v) is 4.81. The Balaban J connectivity index is 2.12. The van der Waals surface area contributed by atoms with Crippen molar-refractivity contribution in [2.45, 2.75) is 39.5 Å². The molecule has 114 valence electrons. The fourth-order valence-corrected chi connectivity index (χ4v) is 1.83. The highest BCUT2D eigenvalue weighted by Crippen LogP contribution is 2.09. The van der Waals surface area contributed by atoms with Crippen LogP contribution in [0.2, 0.25) is 0 Å². The first-order chi connectivity index (χ1) is 10.3. The van der Waals surface area contributed by atoms with Gasteiger partial charge in [0.1, 0.15) is 6.33 Å². The van der Waals surface area contributed by atoms with Crippen LogP contribution in [0.4, 0.5) is 11.9 Å². The van der Waals surface area contributed by atoms with Gasteiger partial charge in [-0.25, -0.2) is 4.98 Å². The van der Waals surface area contributed by atoms with Crippen LogP contribution in [0.25, 0.3) is 5.95 Å². The Morgan fingerprint density at radius 1 is 0.952 bits per heavy atom. The molecule has 0 aliphatic carbocycles. The summed E-state index contributed by atoms with van der Waals surface area (Å²) in [7, 11) is 0. The van der Waals surface area contributed by atoms with Crippen molar-refractivity contribution in [2.24, 2.45) is 0 Å². The molecule has 0 saturated carbocycles. The number of anilines is 2. The number of rotatable bonds is 9. The number of unbranched alkanes of at least 4 members (excludes halogenated alkanes) is 2. The molecule has 0 bridgehead atoms. The van der Waals surface area contributed by atoms with Crippen LogP contribution in [0.15, 0.2) is 18.7 Å². The molecule has 2 heterocycles. The van der Waals surface area contributed by atoms with E-state index < -0.39 is 0 Å². The van der Waals surface area contributed by atoms with Gasteiger partial charge >= 0.3 is 0 Å². The molecule has 0 radical (unpaired) electrons. The largest absolute Gasteiger partial charge is 0.354 e. The Labute approximate surface area is 125 Å². The van der Waals surface area contributed by atoms with E-state index in [1.165, 1.54) is 12.8 Å². The lowest BCUT2D eigenvalue weighted by atomic mass is 10.2. The number of nitrogens with zero attached hydrogens (tertiary/aromatic N) is 5. The molecule has 0 unspecified atom stereocenters. The minimum atomic E-state index is 0.569. The maximum absolute atomic E-state index is 4.43. The van der Waals surface area contributed by atoms with Gasteiger partial charge in [0.05, 0.1) is 0 Å². The van der Waals surface area contributed by atoms with Crippen LogP contribution in [-0.4, -0.2) is 37.6 Å². The first kappa shape index (κ1) is 15.2. The molecule has 2 aromatic rings. The average Bonchev–Trinajstić information content (AvgIpc) is 3.04. The third kappa shape index (κ3) is 4.70. The fourth-order valence-electron chi connectivity index (χ4n) is 1.83. The highest BCUT2D eigenvalue weighted by molar-refractivity contribution is 5.37. The van der Waals surface area contributed by atoms with Gasteiger partial charge in [0, 0.05) is 25.5 Å². The topological polar surface area (TPSA) is 80.5 Å². The fraction of sp³-hybridized carbons (Fsp3) is 0.571. The van der Waals surface area contributed by atoms with E-state index in [1.807, 2.05) is 6.20 Å². The van der Waals surface area contributed by atoms with E-state index in [2.05, 4.69) is 44.4 Å². The number of nitrogens with one attached hydrogen (secondary N) is 2. The van der Waals surface area contributed by atoms with Gasteiger partial charge in [-0.1, -0.05) is 26.7 Å². The molecule has 21 heavy (non-hydrogen) atoms. The molecule has 0 spiro atoms. The molecule has 2 N–H and O–H groups in total. The van der Waals surface area contributed by atoms with E-state index in [0.29, 0.717) is 17.8 Å². The van der Waals surface area contributed by atoms with Crippen molar-refractivity contribution < 1.29 is 0 Å².